The Bertz CT molecular complexity index is 314. The van der Waals surface area contributed by atoms with Crippen molar-refractivity contribution in [2.45, 2.75) is 25.3 Å². The molecule has 2 heterocycles. The highest BCUT2D eigenvalue weighted by atomic mass is 19.3. The van der Waals surface area contributed by atoms with E-state index in [1.54, 1.807) is 17.3 Å². The minimum atomic E-state index is -2.51. The molecule has 0 spiro atoms. The highest BCUT2D eigenvalue weighted by Gasteiger charge is 2.34. The normalized spacial score (nSPS) is 21.5. The zero-order valence-electron chi connectivity index (χ0n) is 8.50. The first-order chi connectivity index (χ1) is 7.16. The van der Waals surface area contributed by atoms with E-state index in [-0.39, 0.29) is 13.0 Å². The Labute approximate surface area is 87.9 Å². The molecule has 0 bridgehead atoms. The van der Waals surface area contributed by atoms with E-state index in [2.05, 4.69) is 4.98 Å². The van der Waals surface area contributed by atoms with Crippen LogP contribution in [0.5, 0.6) is 0 Å². The third-order valence-electron chi connectivity index (χ3n) is 2.63. The summed E-state index contributed by atoms with van der Waals surface area (Å²) in [5.41, 5.74) is 1.04. The lowest BCUT2D eigenvalue weighted by Crippen LogP contribution is -2.41. The molecule has 0 aromatic carbocycles. The van der Waals surface area contributed by atoms with E-state index in [0.717, 1.165) is 12.1 Å². The number of piperidine rings is 1. The van der Waals surface area contributed by atoms with Gasteiger partial charge in [0, 0.05) is 25.4 Å². The molecular weight excluding hydrogens is 198 g/mol. The van der Waals surface area contributed by atoms with Gasteiger partial charge in [-0.25, -0.2) is 8.78 Å². The number of rotatable bonds is 2. The van der Waals surface area contributed by atoms with Gasteiger partial charge < -0.3 is 0 Å². The van der Waals surface area contributed by atoms with Crippen LogP contribution in [0.25, 0.3) is 0 Å². The minimum Gasteiger partial charge on any atom is -0.293 e. The molecule has 82 valence electrons. The summed E-state index contributed by atoms with van der Waals surface area (Å²) in [6.45, 7) is 1.24. The van der Waals surface area contributed by atoms with Gasteiger partial charge in [0.05, 0.1) is 6.54 Å². The highest BCUT2D eigenvalue weighted by molar-refractivity contribution is 5.09. The quantitative estimate of drug-likeness (QED) is 0.747. The van der Waals surface area contributed by atoms with Crippen molar-refractivity contribution in [3.8, 4) is 0 Å². The van der Waals surface area contributed by atoms with Gasteiger partial charge in [-0.1, -0.05) is 0 Å². The molecule has 1 aromatic rings. The summed E-state index contributed by atoms with van der Waals surface area (Å²) in [5, 5.41) is 0. The number of alkyl halides is 2. The van der Waals surface area contributed by atoms with Crippen LogP contribution in [-0.4, -0.2) is 28.9 Å². The van der Waals surface area contributed by atoms with Crippen molar-refractivity contribution in [2.75, 3.05) is 13.1 Å². The number of halogens is 2. The zero-order chi connectivity index (χ0) is 10.7. The summed E-state index contributed by atoms with van der Waals surface area (Å²) in [5.74, 6) is -2.51. The van der Waals surface area contributed by atoms with E-state index >= 15 is 0 Å². The fourth-order valence-electron chi connectivity index (χ4n) is 1.93. The van der Waals surface area contributed by atoms with Crippen LogP contribution in [0.1, 0.15) is 18.4 Å². The van der Waals surface area contributed by atoms with E-state index in [9.17, 15) is 8.78 Å². The second-order valence-corrected chi connectivity index (χ2v) is 4.03. The van der Waals surface area contributed by atoms with Crippen LogP contribution in [0.2, 0.25) is 0 Å². The SMILES string of the molecule is FC1(F)CCCN(Cc2ccncc2)C1. The van der Waals surface area contributed by atoms with E-state index in [4.69, 9.17) is 0 Å². The van der Waals surface area contributed by atoms with Gasteiger partial charge in [0.1, 0.15) is 0 Å². The predicted molar refractivity (Wildman–Crippen MR) is 53.7 cm³/mol. The van der Waals surface area contributed by atoms with Crippen molar-refractivity contribution in [1.82, 2.24) is 9.88 Å². The van der Waals surface area contributed by atoms with Crippen molar-refractivity contribution in [3.63, 3.8) is 0 Å². The molecule has 0 unspecified atom stereocenters. The molecule has 0 aliphatic carbocycles. The van der Waals surface area contributed by atoms with Gasteiger partial charge in [-0.05, 0) is 30.7 Å². The molecule has 0 radical (unpaired) electrons. The number of aromatic nitrogens is 1. The van der Waals surface area contributed by atoms with Crippen molar-refractivity contribution >= 4 is 0 Å². The lowest BCUT2D eigenvalue weighted by atomic mass is 10.1. The van der Waals surface area contributed by atoms with Crippen LogP contribution in [0, 0.1) is 0 Å². The first-order valence-electron chi connectivity index (χ1n) is 5.15. The topological polar surface area (TPSA) is 16.1 Å². The maximum atomic E-state index is 13.1. The molecule has 2 nitrogen and oxygen atoms in total. The maximum absolute atomic E-state index is 13.1. The Kier molecular flexibility index (Phi) is 2.95. The smallest absolute Gasteiger partial charge is 0.260 e. The summed E-state index contributed by atoms with van der Waals surface area (Å²) in [6, 6.07) is 3.74. The van der Waals surface area contributed by atoms with Crippen LogP contribution in [0.15, 0.2) is 24.5 Å². The highest BCUT2D eigenvalue weighted by Crippen LogP contribution is 2.27. The number of hydrogen-bond acceptors (Lipinski definition) is 2. The monoisotopic (exact) mass is 212 g/mol. The van der Waals surface area contributed by atoms with E-state index in [0.29, 0.717) is 13.0 Å². The first-order valence-corrected chi connectivity index (χ1v) is 5.15. The molecule has 1 aliphatic heterocycles. The average molecular weight is 212 g/mol. The number of nitrogens with zero attached hydrogens (tertiary/aromatic N) is 2. The molecule has 1 fully saturated rings. The third kappa shape index (κ3) is 2.96. The number of hydrogen-bond donors (Lipinski definition) is 0. The molecule has 0 saturated carbocycles. The number of pyridine rings is 1. The Morgan fingerprint density at radius 2 is 2.07 bits per heavy atom. The van der Waals surface area contributed by atoms with Gasteiger partial charge in [-0.15, -0.1) is 0 Å². The zero-order valence-corrected chi connectivity index (χ0v) is 8.50. The van der Waals surface area contributed by atoms with Gasteiger partial charge >= 0.3 is 0 Å². The van der Waals surface area contributed by atoms with Crippen LogP contribution in [0.4, 0.5) is 8.78 Å². The Morgan fingerprint density at radius 3 is 2.73 bits per heavy atom. The van der Waals surface area contributed by atoms with Crippen LogP contribution in [0.3, 0.4) is 0 Å². The maximum Gasteiger partial charge on any atom is 0.260 e. The van der Waals surface area contributed by atoms with E-state index < -0.39 is 5.92 Å². The van der Waals surface area contributed by atoms with Crippen molar-refractivity contribution < 1.29 is 8.78 Å². The molecule has 1 saturated heterocycles. The summed E-state index contributed by atoms with van der Waals surface area (Å²) >= 11 is 0. The van der Waals surface area contributed by atoms with Crippen molar-refractivity contribution in [3.05, 3.63) is 30.1 Å². The standard InChI is InChI=1S/C11H14F2N2/c12-11(13)4-1-7-15(9-11)8-10-2-5-14-6-3-10/h2-3,5-6H,1,4,7-9H2. The predicted octanol–water partition coefficient (Wildman–Crippen LogP) is 2.31. The summed E-state index contributed by atoms with van der Waals surface area (Å²) in [7, 11) is 0. The van der Waals surface area contributed by atoms with Gasteiger partial charge in [-0.3, -0.25) is 9.88 Å². The Morgan fingerprint density at radius 1 is 1.33 bits per heavy atom. The molecule has 15 heavy (non-hydrogen) atoms. The second-order valence-electron chi connectivity index (χ2n) is 4.03. The lowest BCUT2D eigenvalue weighted by molar-refractivity contribution is -0.0661. The third-order valence-corrected chi connectivity index (χ3v) is 2.63. The molecule has 1 aliphatic rings. The van der Waals surface area contributed by atoms with Crippen molar-refractivity contribution in [1.29, 1.82) is 0 Å². The van der Waals surface area contributed by atoms with Crippen molar-refractivity contribution in [2.24, 2.45) is 0 Å². The molecule has 0 atom stereocenters. The van der Waals surface area contributed by atoms with Gasteiger partial charge in [0.2, 0.25) is 0 Å². The Hall–Kier alpha value is -1.03. The average Bonchev–Trinajstić information content (AvgIpc) is 2.17. The Balaban J connectivity index is 1.95. The van der Waals surface area contributed by atoms with Crippen LogP contribution < -0.4 is 0 Å². The van der Waals surface area contributed by atoms with E-state index in [1.807, 2.05) is 12.1 Å². The second kappa shape index (κ2) is 4.23. The molecule has 1 aromatic heterocycles. The molecule has 2 rings (SSSR count). The fourth-order valence-corrected chi connectivity index (χ4v) is 1.93. The van der Waals surface area contributed by atoms with Gasteiger partial charge in [0.15, 0.2) is 0 Å². The largest absolute Gasteiger partial charge is 0.293 e. The minimum absolute atomic E-state index is 0.0276. The molecular formula is C11H14F2N2. The fraction of sp³-hybridized carbons (Fsp3) is 0.545. The summed E-state index contributed by atoms with van der Waals surface area (Å²) in [6.07, 6.45) is 3.99. The number of likely N-dealkylation sites (tertiary alicyclic amines) is 1. The molecule has 4 heteroatoms. The molecule has 0 amide bonds. The molecule has 0 N–H and O–H groups in total. The lowest BCUT2D eigenvalue weighted by Gasteiger charge is -2.32. The van der Waals surface area contributed by atoms with Gasteiger partial charge in [0.25, 0.3) is 5.92 Å². The van der Waals surface area contributed by atoms with E-state index in [1.165, 1.54) is 0 Å². The summed E-state index contributed by atoms with van der Waals surface area (Å²) in [4.78, 5) is 5.70. The van der Waals surface area contributed by atoms with Gasteiger partial charge in [-0.2, -0.15) is 0 Å². The first kappa shape index (κ1) is 10.5. The van der Waals surface area contributed by atoms with Crippen LogP contribution >= 0.6 is 0 Å². The summed E-state index contributed by atoms with van der Waals surface area (Å²) < 4.78 is 26.2. The van der Waals surface area contributed by atoms with Crippen LogP contribution in [-0.2, 0) is 6.54 Å².